The molecule has 0 fully saturated rings. The summed E-state index contributed by atoms with van der Waals surface area (Å²) in [7, 11) is 1.96. The minimum atomic E-state index is 0.284. The normalized spacial score (nSPS) is 12.3. The van der Waals surface area contributed by atoms with Crippen LogP contribution in [0.25, 0.3) is 0 Å². The molecule has 1 unspecified atom stereocenters. The Morgan fingerprint density at radius 3 is 2.72 bits per heavy atom. The summed E-state index contributed by atoms with van der Waals surface area (Å²) in [5, 5.41) is 6.50. The lowest BCUT2D eigenvalue weighted by molar-refractivity contribution is 0.269. The zero-order valence-corrected chi connectivity index (χ0v) is 11.5. The highest BCUT2D eigenvalue weighted by atomic mass is 32.1. The zero-order chi connectivity index (χ0) is 12.8. The van der Waals surface area contributed by atoms with Crippen molar-refractivity contribution in [2.45, 2.75) is 19.4 Å². The zero-order valence-electron chi connectivity index (χ0n) is 10.7. The van der Waals surface area contributed by atoms with Crippen LogP contribution in [0.15, 0.2) is 35.7 Å². The van der Waals surface area contributed by atoms with Gasteiger partial charge in [0.25, 0.3) is 0 Å². The van der Waals surface area contributed by atoms with Crippen molar-refractivity contribution < 1.29 is 4.74 Å². The number of rotatable bonds is 6. The third kappa shape index (κ3) is 3.82. The molecule has 0 bridgehead atoms. The van der Waals surface area contributed by atoms with Crippen LogP contribution in [-0.4, -0.2) is 24.7 Å². The molecule has 1 heterocycles. The van der Waals surface area contributed by atoms with Gasteiger partial charge in [-0.25, -0.2) is 4.98 Å². The average molecular weight is 262 g/mol. The summed E-state index contributed by atoms with van der Waals surface area (Å²) in [6, 6.07) is 10.2. The molecule has 1 aromatic carbocycles. The lowest BCUT2D eigenvalue weighted by atomic mass is 10.2. The van der Waals surface area contributed by atoms with E-state index in [1.54, 1.807) is 11.3 Å². The van der Waals surface area contributed by atoms with Gasteiger partial charge in [0.1, 0.15) is 12.4 Å². The minimum Gasteiger partial charge on any atom is -0.492 e. The number of likely N-dealkylation sites (N-methyl/N-ethyl adjacent to an activating group) is 1. The highest BCUT2D eigenvalue weighted by molar-refractivity contribution is 7.09. The number of aryl methyl sites for hydroxylation is 1. The smallest absolute Gasteiger partial charge is 0.119 e. The Kier molecular flexibility index (Phi) is 4.73. The fourth-order valence-electron chi connectivity index (χ4n) is 1.71. The van der Waals surface area contributed by atoms with E-state index in [4.69, 9.17) is 4.74 Å². The van der Waals surface area contributed by atoms with Crippen molar-refractivity contribution in [2.75, 3.05) is 13.7 Å². The van der Waals surface area contributed by atoms with Crippen LogP contribution in [0.2, 0.25) is 0 Å². The van der Waals surface area contributed by atoms with Gasteiger partial charge in [0.05, 0.1) is 10.7 Å². The first-order chi connectivity index (χ1) is 8.78. The lowest BCUT2D eigenvalue weighted by Gasteiger charge is -2.16. The third-order valence-electron chi connectivity index (χ3n) is 2.72. The Morgan fingerprint density at radius 2 is 2.11 bits per heavy atom. The average Bonchev–Trinajstić information content (AvgIpc) is 2.81. The molecule has 0 amide bonds. The Hall–Kier alpha value is -1.39. The van der Waals surface area contributed by atoms with Crippen LogP contribution < -0.4 is 10.1 Å². The maximum absolute atomic E-state index is 5.75. The van der Waals surface area contributed by atoms with Crippen LogP contribution in [0.1, 0.15) is 10.7 Å². The highest BCUT2D eigenvalue weighted by Crippen LogP contribution is 2.12. The molecule has 0 spiro atoms. The van der Waals surface area contributed by atoms with Gasteiger partial charge < -0.3 is 10.1 Å². The molecule has 1 N–H and O–H groups in total. The van der Waals surface area contributed by atoms with E-state index in [2.05, 4.69) is 15.7 Å². The molecule has 96 valence electrons. The Bertz CT molecular complexity index is 470. The molecule has 0 saturated carbocycles. The number of hydrogen-bond acceptors (Lipinski definition) is 4. The second-order valence-corrected chi connectivity index (χ2v) is 5.23. The third-order valence-corrected chi connectivity index (χ3v) is 3.55. The number of aromatic nitrogens is 1. The summed E-state index contributed by atoms with van der Waals surface area (Å²) < 4.78 is 5.75. The Morgan fingerprint density at radius 1 is 1.33 bits per heavy atom. The van der Waals surface area contributed by atoms with Crippen LogP contribution in [-0.2, 0) is 6.42 Å². The molecule has 2 rings (SSSR count). The molecule has 2 aromatic rings. The molecule has 0 saturated heterocycles. The molecule has 18 heavy (non-hydrogen) atoms. The van der Waals surface area contributed by atoms with E-state index < -0.39 is 0 Å². The molecule has 0 aliphatic heterocycles. The van der Waals surface area contributed by atoms with Crippen molar-refractivity contribution in [3.05, 3.63) is 46.4 Å². The maximum Gasteiger partial charge on any atom is 0.119 e. The van der Waals surface area contributed by atoms with Gasteiger partial charge in [-0.05, 0) is 26.1 Å². The largest absolute Gasteiger partial charge is 0.492 e. The van der Waals surface area contributed by atoms with Gasteiger partial charge >= 0.3 is 0 Å². The van der Waals surface area contributed by atoms with Crippen molar-refractivity contribution in [1.82, 2.24) is 10.3 Å². The van der Waals surface area contributed by atoms with Gasteiger partial charge in [-0.1, -0.05) is 18.2 Å². The number of benzene rings is 1. The van der Waals surface area contributed by atoms with Crippen molar-refractivity contribution in [3.63, 3.8) is 0 Å². The van der Waals surface area contributed by atoms with Gasteiger partial charge in [0.2, 0.25) is 0 Å². The SMILES string of the molecule is CNC(COc1ccccc1)Cc1csc(C)n1. The van der Waals surface area contributed by atoms with Crippen LogP contribution in [0.3, 0.4) is 0 Å². The summed E-state index contributed by atoms with van der Waals surface area (Å²) in [5.74, 6) is 0.909. The fraction of sp³-hybridized carbons (Fsp3) is 0.357. The van der Waals surface area contributed by atoms with Crippen LogP contribution >= 0.6 is 11.3 Å². The van der Waals surface area contributed by atoms with Crippen molar-refractivity contribution in [3.8, 4) is 5.75 Å². The van der Waals surface area contributed by atoms with E-state index in [1.165, 1.54) is 0 Å². The number of thiazole rings is 1. The summed E-state index contributed by atoms with van der Waals surface area (Å²) in [4.78, 5) is 4.48. The molecular weight excluding hydrogens is 244 g/mol. The molecular formula is C14H18N2OS. The van der Waals surface area contributed by atoms with Gasteiger partial charge in [-0.2, -0.15) is 0 Å². The van der Waals surface area contributed by atoms with Gasteiger partial charge in [0, 0.05) is 17.8 Å². The first-order valence-corrected chi connectivity index (χ1v) is 6.92. The summed E-state index contributed by atoms with van der Waals surface area (Å²) in [5.41, 5.74) is 1.13. The first-order valence-electron chi connectivity index (χ1n) is 6.04. The van der Waals surface area contributed by atoms with E-state index in [-0.39, 0.29) is 6.04 Å². The molecule has 1 atom stereocenters. The standard InChI is InChI=1S/C14H18N2OS/c1-11-16-13(10-18-11)8-12(15-2)9-17-14-6-4-3-5-7-14/h3-7,10,12,15H,8-9H2,1-2H3. The molecule has 3 nitrogen and oxygen atoms in total. The summed E-state index contributed by atoms with van der Waals surface area (Å²) >= 11 is 1.69. The number of hydrogen-bond donors (Lipinski definition) is 1. The summed E-state index contributed by atoms with van der Waals surface area (Å²) in [6.45, 7) is 2.68. The van der Waals surface area contributed by atoms with Gasteiger partial charge in [0.15, 0.2) is 0 Å². The number of ether oxygens (including phenoxy) is 1. The van der Waals surface area contributed by atoms with E-state index in [0.717, 1.165) is 22.9 Å². The highest BCUT2D eigenvalue weighted by Gasteiger charge is 2.10. The second-order valence-electron chi connectivity index (χ2n) is 4.17. The Balaban J connectivity index is 1.86. The predicted octanol–water partition coefficient (Wildman–Crippen LogP) is 2.66. The molecule has 0 radical (unpaired) electrons. The maximum atomic E-state index is 5.75. The molecule has 4 heteroatoms. The monoisotopic (exact) mass is 262 g/mol. The topological polar surface area (TPSA) is 34.1 Å². The van der Waals surface area contributed by atoms with E-state index in [1.807, 2.05) is 44.3 Å². The van der Waals surface area contributed by atoms with Gasteiger partial charge in [-0.15, -0.1) is 11.3 Å². The lowest BCUT2D eigenvalue weighted by Crippen LogP contribution is -2.33. The summed E-state index contributed by atoms with van der Waals surface area (Å²) in [6.07, 6.45) is 0.897. The van der Waals surface area contributed by atoms with E-state index in [9.17, 15) is 0 Å². The molecule has 0 aliphatic carbocycles. The number of nitrogens with zero attached hydrogens (tertiary/aromatic N) is 1. The van der Waals surface area contributed by atoms with Crippen LogP contribution in [0.5, 0.6) is 5.75 Å². The van der Waals surface area contributed by atoms with Crippen LogP contribution in [0.4, 0.5) is 0 Å². The van der Waals surface area contributed by atoms with Crippen molar-refractivity contribution in [1.29, 1.82) is 0 Å². The quantitative estimate of drug-likeness (QED) is 0.869. The second kappa shape index (κ2) is 6.52. The van der Waals surface area contributed by atoms with Crippen molar-refractivity contribution in [2.24, 2.45) is 0 Å². The van der Waals surface area contributed by atoms with Gasteiger partial charge in [-0.3, -0.25) is 0 Å². The Labute approximate surface area is 112 Å². The molecule has 0 aliphatic rings. The van der Waals surface area contributed by atoms with Crippen LogP contribution in [0, 0.1) is 6.92 Å². The minimum absolute atomic E-state index is 0.284. The van der Waals surface area contributed by atoms with E-state index >= 15 is 0 Å². The molecule has 1 aromatic heterocycles. The van der Waals surface area contributed by atoms with E-state index in [0.29, 0.717) is 6.61 Å². The first kappa shape index (κ1) is 13.1. The van der Waals surface area contributed by atoms with Crippen molar-refractivity contribution >= 4 is 11.3 Å². The number of para-hydroxylation sites is 1. The fourth-order valence-corrected chi connectivity index (χ4v) is 2.34. The predicted molar refractivity (Wildman–Crippen MR) is 75.3 cm³/mol. The number of nitrogens with one attached hydrogen (secondary N) is 1.